The molecule has 7 nitrogen and oxygen atoms in total. The number of hydrogen-bond donors (Lipinski definition) is 1. The van der Waals surface area contributed by atoms with E-state index in [0.717, 1.165) is 5.56 Å². The van der Waals surface area contributed by atoms with Gasteiger partial charge in [-0.05, 0) is 29.2 Å². The third-order valence-corrected chi connectivity index (χ3v) is 4.65. The molecule has 1 N–H and O–H groups in total. The van der Waals surface area contributed by atoms with Crippen molar-refractivity contribution in [2.75, 3.05) is 18.2 Å². The molecule has 0 saturated heterocycles. The predicted octanol–water partition coefficient (Wildman–Crippen LogP) is 4.04. The fourth-order valence-corrected chi connectivity index (χ4v) is 3.17. The van der Waals surface area contributed by atoms with E-state index in [4.69, 9.17) is 4.42 Å². The number of aromatic nitrogens is 2. The van der Waals surface area contributed by atoms with Crippen LogP contribution in [-0.4, -0.2) is 34.5 Å². The van der Waals surface area contributed by atoms with Crippen molar-refractivity contribution in [3.05, 3.63) is 77.4 Å². The van der Waals surface area contributed by atoms with E-state index >= 15 is 0 Å². The van der Waals surface area contributed by atoms with Gasteiger partial charge in [-0.2, -0.15) is 5.10 Å². The Hall–Kier alpha value is -3.26. The number of rotatable bonds is 9. The van der Waals surface area contributed by atoms with Crippen LogP contribution in [0.15, 0.2) is 64.7 Å². The summed E-state index contributed by atoms with van der Waals surface area (Å²) in [5.74, 6) is 0.790. The molecule has 150 valence electrons. The molecule has 0 fully saturated rings. The zero-order chi connectivity index (χ0) is 20.5. The van der Waals surface area contributed by atoms with Crippen LogP contribution < -0.4 is 5.32 Å². The van der Waals surface area contributed by atoms with Crippen molar-refractivity contribution in [1.82, 2.24) is 9.78 Å². The fourth-order valence-electron chi connectivity index (χ4n) is 2.48. The standard InChI is InChI=1S/C21H21N3O4S/c1-27-21(26)19-8-7-18(28-19)15-24-14-17(13-22-24)23-20(25)10-12-29-11-9-16-5-3-2-4-6-16/h2-9,11,13-14H,10,12,15H2,1H3,(H,23,25)/b11-9-. The van der Waals surface area contributed by atoms with E-state index in [1.807, 2.05) is 41.8 Å². The summed E-state index contributed by atoms with van der Waals surface area (Å²) in [6.45, 7) is 0.340. The van der Waals surface area contributed by atoms with Gasteiger partial charge in [0.1, 0.15) is 5.76 Å². The van der Waals surface area contributed by atoms with Crippen LogP contribution in [0.4, 0.5) is 5.69 Å². The summed E-state index contributed by atoms with van der Waals surface area (Å²) in [4.78, 5) is 23.5. The average molecular weight is 411 g/mol. The maximum absolute atomic E-state index is 12.1. The number of amides is 1. The monoisotopic (exact) mass is 411 g/mol. The van der Waals surface area contributed by atoms with Crippen LogP contribution in [0.25, 0.3) is 6.08 Å². The van der Waals surface area contributed by atoms with E-state index in [9.17, 15) is 9.59 Å². The molecule has 0 unspecified atom stereocenters. The van der Waals surface area contributed by atoms with Crippen LogP contribution >= 0.6 is 11.8 Å². The first kappa shape index (κ1) is 20.5. The smallest absolute Gasteiger partial charge is 0.373 e. The van der Waals surface area contributed by atoms with Gasteiger partial charge in [-0.25, -0.2) is 4.79 Å². The number of benzene rings is 1. The van der Waals surface area contributed by atoms with Gasteiger partial charge < -0.3 is 14.5 Å². The van der Waals surface area contributed by atoms with Gasteiger partial charge in [0.2, 0.25) is 11.7 Å². The van der Waals surface area contributed by atoms with Crippen molar-refractivity contribution in [3.8, 4) is 0 Å². The number of carbonyl (C=O) groups excluding carboxylic acids is 2. The zero-order valence-electron chi connectivity index (χ0n) is 15.9. The zero-order valence-corrected chi connectivity index (χ0v) is 16.7. The Balaban J connectivity index is 1.41. The van der Waals surface area contributed by atoms with E-state index < -0.39 is 5.97 Å². The maximum atomic E-state index is 12.1. The Morgan fingerprint density at radius 3 is 2.86 bits per heavy atom. The Kier molecular flexibility index (Phi) is 7.29. The number of nitrogens with one attached hydrogen (secondary N) is 1. The molecule has 0 aliphatic heterocycles. The molecule has 1 aromatic carbocycles. The minimum Gasteiger partial charge on any atom is -0.463 e. The summed E-state index contributed by atoms with van der Waals surface area (Å²) in [6, 6.07) is 13.2. The summed E-state index contributed by atoms with van der Waals surface area (Å²) in [5.41, 5.74) is 1.74. The van der Waals surface area contributed by atoms with Crippen LogP contribution in [-0.2, 0) is 16.1 Å². The van der Waals surface area contributed by atoms with Gasteiger partial charge in [-0.1, -0.05) is 30.3 Å². The van der Waals surface area contributed by atoms with Crippen LogP contribution in [0.1, 0.15) is 28.3 Å². The molecule has 8 heteroatoms. The van der Waals surface area contributed by atoms with Gasteiger partial charge in [0, 0.05) is 18.4 Å². The van der Waals surface area contributed by atoms with Crippen molar-refractivity contribution in [2.24, 2.45) is 0 Å². The minimum absolute atomic E-state index is 0.0730. The molecule has 2 aromatic heterocycles. The van der Waals surface area contributed by atoms with Gasteiger partial charge in [0.05, 0.1) is 25.5 Å². The highest BCUT2D eigenvalue weighted by atomic mass is 32.2. The van der Waals surface area contributed by atoms with E-state index in [1.165, 1.54) is 7.11 Å². The van der Waals surface area contributed by atoms with Crippen molar-refractivity contribution in [2.45, 2.75) is 13.0 Å². The Labute approximate surface area is 172 Å². The second kappa shape index (κ2) is 10.3. The van der Waals surface area contributed by atoms with E-state index in [2.05, 4.69) is 15.2 Å². The Morgan fingerprint density at radius 1 is 1.24 bits per heavy atom. The van der Waals surface area contributed by atoms with Crippen molar-refractivity contribution in [3.63, 3.8) is 0 Å². The molecule has 0 aliphatic rings. The number of hydrogen-bond acceptors (Lipinski definition) is 6. The van der Waals surface area contributed by atoms with Gasteiger partial charge in [-0.3, -0.25) is 9.48 Å². The van der Waals surface area contributed by atoms with Gasteiger partial charge in [0.25, 0.3) is 0 Å². The molecular formula is C21H21N3O4S. The van der Waals surface area contributed by atoms with Crippen LogP contribution in [0.3, 0.4) is 0 Å². The lowest BCUT2D eigenvalue weighted by atomic mass is 10.2. The molecule has 0 spiro atoms. The van der Waals surface area contributed by atoms with Crippen LogP contribution in [0.2, 0.25) is 0 Å². The number of nitrogens with zero attached hydrogens (tertiary/aromatic N) is 2. The Morgan fingerprint density at radius 2 is 2.07 bits per heavy atom. The van der Waals surface area contributed by atoms with Crippen molar-refractivity contribution < 1.29 is 18.7 Å². The summed E-state index contributed by atoms with van der Waals surface area (Å²) < 4.78 is 11.6. The summed E-state index contributed by atoms with van der Waals surface area (Å²) in [6.07, 6.45) is 5.70. The molecule has 3 aromatic rings. The largest absolute Gasteiger partial charge is 0.463 e. The van der Waals surface area contributed by atoms with E-state index in [0.29, 0.717) is 30.2 Å². The quantitative estimate of drug-likeness (QED) is 0.422. The highest BCUT2D eigenvalue weighted by Gasteiger charge is 2.12. The first-order valence-corrected chi connectivity index (χ1v) is 10.0. The average Bonchev–Trinajstić information content (AvgIpc) is 3.38. The van der Waals surface area contributed by atoms with E-state index in [-0.39, 0.29) is 11.7 Å². The van der Waals surface area contributed by atoms with Gasteiger partial charge in [-0.15, -0.1) is 11.8 Å². The fraction of sp³-hybridized carbons (Fsp3) is 0.190. The molecule has 29 heavy (non-hydrogen) atoms. The topological polar surface area (TPSA) is 86.4 Å². The molecule has 0 atom stereocenters. The molecular weight excluding hydrogens is 390 g/mol. The Bertz CT molecular complexity index is 979. The molecule has 1 amide bonds. The van der Waals surface area contributed by atoms with Crippen LogP contribution in [0, 0.1) is 0 Å². The SMILES string of the molecule is COC(=O)c1ccc(Cn2cc(NC(=O)CCS/C=C\c3ccccc3)cn2)o1. The summed E-state index contributed by atoms with van der Waals surface area (Å²) in [7, 11) is 1.30. The highest BCUT2D eigenvalue weighted by Crippen LogP contribution is 2.13. The molecule has 3 rings (SSSR count). The predicted molar refractivity (Wildman–Crippen MR) is 113 cm³/mol. The second-order valence-corrected chi connectivity index (χ2v) is 7.08. The first-order chi connectivity index (χ1) is 14.1. The lowest BCUT2D eigenvalue weighted by Gasteiger charge is -2.01. The first-order valence-electron chi connectivity index (χ1n) is 8.96. The lowest BCUT2D eigenvalue weighted by molar-refractivity contribution is -0.115. The molecule has 0 saturated carbocycles. The highest BCUT2D eigenvalue weighted by molar-refractivity contribution is 8.02. The number of esters is 1. The van der Waals surface area contributed by atoms with E-state index in [1.54, 1.807) is 41.0 Å². The number of carbonyl (C=O) groups is 2. The summed E-state index contributed by atoms with van der Waals surface area (Å²) in [5, 5.41) is 9.01. The normalized spacial score (nSPS) is 10.9. The third kappa shape index (κ3) is 6.39. The molecule has 0 aliphatic carbocycles. The summed E-state index contributed by atoms with van der Waals surface area (Å²) >= 11 is 1.59. The third-order valence-electron chi connectivity index (χ3n) is 3.89. The second-order valence-electron chi connectivity index (χ2n) is 6.07. The number of methoxy groups -OCH3 is 1. The number of anilines is 1. The number of thioether (sulfide) groups is 1. The molecule has 0 radical (unpaired) electrons. The van der Waals surface area contributed by atoms with Gasteiger partial charge in [0.15, 0.2) is 0 Å². The number of furan rings is 1. The van der Waals surface area contributed by atoms with Gasteiger partial charge >= 0.3 is 5.97 Å². The maximum Gasteiger partial charge on any atom is 0.373 e. The number of ether oxygens (including phenoxy) is 1. The van der Waals surface area contributed by atoms with Crippen molar-refractivity contribution >= 4 is 35.4 Å². The minimum atomic E-state index is -0.527. The molecule has 2 heterocycles. The lowest BCUT2D eigenvalue weighted by Crippen LogP contribution is -2.11. The van der Waals surface area contributed by atoms with Crippen molar-refractivity contribution in [1.29, 1.82) is 0 Å². The van der Waals surface area contributed by atoms with Crippen LogP contribution in [0.5, 0.6) is 0 Å². The molecule has 0 bridgehead atoms.